The molecule has 0 atom stereocenters. The largest absolute Gasteiger partial charge is 0.495 e. The van der Waals surface area contributed by atoms with Crippen LogP contribution in [0.25, 0.3) is 0 Å². The van der Waals surface area contributed by atoms with Gasteiger partial charge in [-0.05, 0) is 56.0 Å². The van der Waals surface area contributed by atoms with E-state index in [9.17, 15) is 4.79 Å². The van der Waals surface area contributed by atoms with E-state index < -0.39 is 0 Å². The molecule has 0 unspecified atom stereocenters. The van der Waals surface area contributed by atoms with E-state index in [1.54, 1.807) is 19.4 Å². The number of likely N-dealkylation sites (tertiary alicyclic amines) is 1. The third kappa shape index (κ3) is 3.67. The summed E-state index contributed by atoms with van der Waals surface area (Å²) in [6.07, 6.45) is 5.02. The molecule has 5 heteroatoms. The lowest BCUT2D eigenvalue weighted by molar-refractivity contribution is 0.0718. The number of hydrogen-bond acceptors (Lipinski definition) is 4. The van der Waals surface area contributed by atoms with Crippen molar-refractivity contribution in [2.75, 3.05) is 25.5 Å². The molecule has 1 amide bonds. The zero-order valence-electron chi connectivity index (χ0n) is 14.2. The molecule has 1 saturated heterocycles. The lowest BCUT2D eigenvalue weighted by atomic mass is 10.1. The van der Waals surface area contributed by atoms with Gasteiger partial charge in [0, 0.05) is 25.0 Å². The van der Waals surface area contributed by atoms with Crippen LogP contribution in [-0.2, 0) is 0 Å². The number of carbonyl (C=O) groups excluding carboxylic acids is 1. The zero-order valence-corrected chi connectivity index (χ0v) is 14.2. The van der Waals surface area contributed by atoms with Gasteiger partial charge in [0.25, 0.3) is 5.91 Å². The molecule has 1 aromatic carbocycles. The summed E-state index contributed by atoms with van der Waals surface area (Å²) in [6, 6.07) is 9.61. The molecule has 0 aliphatic carbocycles. The molecule has 126 valence electrons. The number of hydrogen-bond donors (Lipinski definition) is 1. The number of aromatic nitrogens is 1. The van der Waals surface area contributed by atoms with E-state index in [0.29, 0.717) is 5.69 Å². The predicted octanol–water partition coefficient (Wildman–Crippen LogP) is 3.77. The molecule has 0 saturated carbocycles. The van der Waals surface area contributed by atoms with Gasteiger partial charge in [0.2, 0.25) is 0 Å². The van der Waals surface area contributed by atoms with Crippen LogP contribution in [0.2, 0.25) is 0 Å². The Morgan fingerprint density at radius 3 is 2.71 bits per heavy atom. The van der Waals surface area contributed by atoms with Crippen LogP contribution in [0.3, 0.4) is 0 Å². The van der Waals surface area contributed by atoms with Crippen LogP contribution in [0, 0.1) is 6.92 Å². The van der Waals surface area contributed by atoms with Crippen molar-refractivity contribution in [3.8, 4) is 5.75 Å². The van der Waals surface area contributed by atoms with E-state index in [1.165, 1.54) is 6.42 Å². The van der Waals surface area contributed by atoms with Gasteiger partial charge in [0.1, 0.15) is 11.4 Å². The fraction of sp³-hybridized carbons (Fsp3) is 0.368. The molecule has 1 aliphatic rings. The summed E-state index contributed by atoms with van der Waals surface area (Å²) in [5, 5.41) is 3.33. The van der Waals surface area contributed by atoms with Crippen molar-refractivity contribution in [2.45, 2.75) is 26.2 Å². The topological polar surface area (TPSA) is 54.5 Å². The number of piperidine rings is 1. The maximum absolute atomic E-state index is 12.6. The molecule has 2 heterocycles. The van der Waals surface area contributed by atoms with Crippen LogP contribution in [-0.4, -0.2) is 36.0 Å². The van der Waals surface area contributed by atoms with Gasteiger partial charge in [0.05, 0.1) is 12.8 Å². The number of anilines is 2. The number of rotatable bonds is 4. The molecule has 0 radical (unpaired) electrons. The molecule has 0 spiro atoms. The second kappa shape index (κ2) is 7.34. The number of amides is 1. The minimum absolute atomic E-state index is 0.00885. The lowest BCUT2D eigenvalue weighted by Crippen LogP contribution is -2.36. The Morgan fingerprint density at radius 2 is 1.96 bits per heavy atom. The number of nitrogens with one attached hydrogen (secondary N) is 1. The van der Waals surface area contributed by atoms with Crippen LogP contribution >= 0.6 is 0 Å². The van der Waals surface area contributed by atoms with E-state index in [2.05, 4.69) is 10.3 Å². The Kier molecular flexibility index (Phi) is 4.99. The first-order valence-corrected chi connectivity index (χ1v) is 8.34. The van der Waals surface area contributed by atoms with Crippen molar-refractivity contribution < 1.29 is 9.53 Å². The number of nitrogens with zero attached hydrogens (tertiary/aromatic N) is 2. The lowest BCUT2D eigenvalue weighted by Gasteiger charge is -2.26. The zero-order chi connectivity index (χ0) is 16.9. The smallest absolute Gasteiger partial charge is 0.272 e. The van der Waals surface area contributed by atoms with Crippen molar-refractivity contribution >= 4 is 17.3 Å². The first kappa shape index (κ1) is 16.3. The van der Waals surface area contributed by atoms with Crippen LogP contribution < -0.4 is 10.1 Å². The molecule has 1 fully saturated rings. The number of ether oxygens (including phenoxy) is 1. The van der Waals surface area contributed by atoms with Crippen LogP contribution in [0.1, 0.15) is 35.3 Å². The van der Waals surface area contributed by atoms with E-state index in [4.69, 9.17) is 4.74 Å². The number of carbonyl (C=O) groups is 1. The fourth-order valence-electron chi connectivity index (χ4n) is 2.96. The molecular weight excluding hydrogens is 302 g/mol. The molecule has 1 aliphatic heterocycles. The van der Waals surface area contributed by atoms with Gasteiger partial charge in [-0.2, -0.15) is 0 Å². The van der Waals surface area contributed by atoms with Crippen LogP contribution in [0.5, 0.6) is 5.75 Å². The Bertz CT molecular complexity index is 724. The van der Waals surface area contributed by atoms with Crippen molar-refractivity contribution in [1.29, 1.82) is 0 Å². The van der Waals surface area contributed by atoms with E-state index in [1.807, 2.05) is 36.1 Å². The highest BCUT2D eigenvalue weighted by atomic mass is 16.5. The highest BCUT2D eigenvalue weighted by Crippen LogP contribution is 2.28. The summed E-state index contributed by atoms with van der Waals surface area (Å²) < 4.78 is 5.39. The fourth-order valence-corrected chi connectivity index (χ4v) is 2.96. The highest BCUT2D eigenvalue weighted by molar-refractivity contribution is 5.93. The van der Waals surface area contributed by atoms with Gasteiger partial charge < -0.3 is 15.0 Å². The summed E-state index contributed by atoms with van der Waals surface area (Å²) in [5.41, 5.74) is 3.32. The molecule has 1 aromatic heterocycles. The standard InChI is InChI=1S/C19H23N3O2/c1-14-6-7-18(24-2)16(12-14)21-15-8-9-20-17(13-15)19(23)22-10-4-3-5-11-22/h6-9,12-13H,3-5,10-11H2,1-2H3,(H,20,21). The first-order chi connectivity index (χ1) is 11.7. The highest BCUT2D eigenvalue weighted by Gasteiger charge is 2.19. The van der Waals surface area contributed by atoms with Crippen molar-refractivity contribution in [1.82, 2.24) is 9.88 Å². The number of pyridine rings is 1. The molecule has 0 bridgehead atoms. The van der Waals surface area contributed by atoms with Crippen molar-refractivity contribution in [2.24, 2.45) is 0 Å². The summed E-state index contributed by atoms with van der Waals surface area (Å²) in [6.45, 7) is 3.68. The van der Waals surface area contributed by atoms with Gasteiger partial charge in [-0.15, -0.1) is 0 Å². The number of aryl methyl sites for hydroxylation is 1. The summed E-state index contributed by atoms with van der Waals surface area (Å²) in [5.74, 6) is 0.774. The van der Waals surface area contributed by atoms with E-state index in [-0.39, 0.29) is 5.91 Å². The van der Waals surface area contributed by atoms with Crippen LogP contribution in [0.4, 0.5) is 11.4 Å². The molecule has 5 nitrogen and oxygen atoms in total. The van der Waals surface area contributed by atoms with E-state index in [0.717, 1.165) is 48.6 Å². The second-order valence-corrected chi connectivity index (χ2v) is 6.11. The second-order valence-electron chi connectivity index (χ2n) is 6.11. The average molecular weight is 325 g/mol. The van der Waals surface area contributed by atoms with E-state index >= 15 is 0 Å². The normalized spacial score (nSPS) is 14.3. The van der Waals surface area contributed by atoms with Gasteiger partial charge in [-0.3, -0.25) is 9.78 Å². The minimum Gasteiger partial charge on any atom is -0.495 e. The average Bonchev–Trinajstić information content (AvgIpc) is 2.62. The summed E-state index contributed by atoms with van der Waals surface area (Å²) >= 11 is 0. The van der Waals surface area contributed by atoms with Gasteiger partial charge in [0.15, 0.2) is 0 Å². The molecule has 24 heavy (non-hydrogen) atoms. The SMILES string of the molecule is COc1ccc(C)cc1Nc1ccnc(C(=O)N2CCCCC2)c1. The summed E-state index contributed by atoms with van der Waals surface area (Å²) in [7, 11) is 1.65. The summed E-state index contributed by atoms with van der Waals surface area (Å²) in [4.78, 5) is 18.7. The first-order valence-electron chi connectivity index (χ1n) is 8.34. The third-order valence-electron chi connectivity index (χ3n) is 4.26. The minimum atomic E-state index is 0.00885. The number of benzene rings is 1. The van der Waals surface area contributed by atoms with Gasteiger partial charge in [-0.25, -0.2) is 0 Å². The maximum Gasteiger partial charge on any atom is 0.272 e. The monoisotopic (exact) mass is 325 g/mol. The number of methoxy groups -OCH3 is 1. The Balaban J connectivity index is 1.80. The Morgan fingerprint density at radius 1 is 1.17 bits per heavy atom. The van der Waals surface area contributed by atoms with Crippen LogP contribution in [0.15, 0.2) is 36.5 Å². The molecular formula is C19H23N3O2. The Labute approximate surface area is 142 Å². The predicted molar refractivity (Wildman–Crippen MR) is 95.0 cm³/mol. The molecule has 2 aromatic rings. The quantitative estimate of drug-likeness (QED) is 0.930. The maximum atomic E-state index is 12.6. The molecule has 3 rings (SSSR count). The van der Waals surface area contributed by atoms with Gasteiger partial charge in [-0.1, -0.05) is 6.07 Å². The molecule has 1 N–H and O–H groups in total. The van der Waals surface area contributed by atoms with Crippen molar-refractivity contribution in [3.63, 3.8) is 0 Å². The Hall–Kier alpha value is -2.56. The third-order valence-corrected chi connectivity index (χ3v) is 4.26. The van der Waals surface area contributed by atoms with Gasteiger partial charge >= 0.3 is 0 Å². The van der Waals surface area contributed by atoms with Crippen molar-refractivity contribution in [3.05, 3.63) is 47.8 Å².